The van der Waals surface area contributed by atoms with Crippen molar-refractivity contribution < 1.29 is 0 Å². The number of para-hydroxylation sites is 2. The molecule has 0 spiro atoms. The Hall–Kier alpha value is -2.33. The Bertz CT molecular complexity index is 724. The fourth-order valence-corrected chi connectivity index (χ4v) is 2.04. The van der Waals surface area contributed by atoms with Crippen LogP contribution < -0.4 is 5.73 Å². The van der Waals surface area contributed by atoms with E-state index in [1.165, 1.54) is 0 Å². The van der Waals surface area contributed by atoms with Crippen LogP contribution in [0.25, 0.3) is 11.0 Å². The van der Waals surface area contributed by atoms with E-state index in [1.807, 2.05) is 43.5 Å². The molecule has 94 valence electrons. The van der Waals surface area contributed by atoms with Crippen molar-refractivity contribution in [1.82, 2.24) is 15.0 Å². The SMILES string of the molecule is Cc1cncc(C(N)c2cnc3ccccc3n2)c1. The van der Waals surface area contributed by atoms with Crippen molar-refractivity contribution in [2.75, 3.05) is 0 Å². The standard InChI is InChI=1S/C15H14N4/c1-10-6-11(8-17-7-10)15(16)14-9-18-12-4-2-3-5-13(12)19-14/h2-9,15H,16H2,1H3. The molecule has 0 bridgehead atoms. The van der Waals surface area contributed by atoms with E-state index in [4.69, 9.17) is 5.73 Å². The van der Waals surface area contributed by atoms with Gasteiger partial charge in [-0.3, -0.25) is 9.97 Å². The van der Waals surface area contributed by atoms with Crippen LogP contribution in [0.15, 0.2) is 48.9 Å². The Morgan fingerprint density at radius 2 is 1.84 bits per heavy atom. The van der Waals surface area contributed by atoms with Gasteiger partial charge in [-0.2, -0.15) is 0 Å². The molecule has 2 N–H and O–H groups in total. The summed E-state index contributed by atoms with van der Waals surface area (Å²) in [6.45, 7) is 2.00. The molecule has 0 amide bonds. The van der Waals surface area contributed by atoms with E-state index in [0.717, 1.165) is 27.9 Å². The summed E-state index contributed by atoms with van der Waals surface area (Å²) in [5, 5.41) is 0. The molecule has 4 heteroatoms. The highest BCUT2D eigenvalue weighted by atomic mass is 14.8. The molecular formula is C15H14N4. The number of rotatable bonds is 2. The molecule has 0 radical (unpaired) electrons. The topological polar surface area (TPSA) is 64.7 Å². The van der Waals surface area contributed by atoms with E-state index < -0.39 is 0 Å². The molecule has 0 aliphatic carbocycles. The van der Waals surface area contributed by atoms with Crippen LogP contribution >= 0.6 is 0 Å². The maximum Gasteiger partial charge on any atom is 0.0890 e. The molecule has 1 aromatic carbocycles. The van der Waals surface area contributed by atoms with Crippen molar-refractivity contribution in [2.24, 2.45) is 5.73 Å². The van der Waals surface area contributed by atoms with Gasteiger partial charge in [0.1, 0.15) is 0 Å². The monoisotopic (exact) mass is 250 g/mol. The largest absolute Gasteiger partial charge is 0.319 e. The second-order valence-corrected chi connectivity index (χ2v) is 4.56. The van der Waals surface area contributed by atoms with Gasteiger partial charge in [0.05, 0.1) is 29.0 Å². The molecule has 2 aromatic heterocycles. The second-order valence-electron chi connectivity index (χ2n) is 4.56. The minimum Gasteiger partial charge on any atom is -0.319 e. The molecule has 4 nitrogen and oxygen atoms in total. The van der Waals surface area contributed by atoms with Gasteiger partial charge in [0.25, 0.3) is 0 Å². The average molecular weight is 250 g/mol. The molecule has 3 aromatic rings. The van der Waals surface area contributed by atoms with Crippen LogP contribution in [-0.2, 0) is 0 Å². The number of pyridine rings is 1. The lowest BCUT2D eigenvalue weighted by molar-refractivity contribution is 0.820. The van der Waals surface area contributed by atoms with Gasteiger partial charge in [-0.05, 0) is 30.2 Å². The highest BCUT2D eigenvalue weighted by Crippen LogP contribution is 2.19. The number of fused-ring (bicyclic) bond motifs is 1. The predicted molar refractivity (Wildman–Crippen MR) is 74.5 cm³/mol. The van der Waals surface area contributed by atoms with Crippen molar-refractivity contribution in [1.29, 1.82) is 0 Å². The van der Waals surface area contributed by atoms with E-state index in [9.17, 15) is 0 Å². The van der Waals surface area contributed by atoms with Gasteiger partial charge in [-0.25, -0.2) is 4.98 Å². The Kier molecular flexibility index (Phi) is 2.93. The van der Waals surface area contributed by atoms with Crippen molar-refractivity contribution in [3.63, 3.8) is 0 Å². The molecule has 0 saturated heterocycles. The summed E-state index contributed by atoms with van der Waals surface area (Å²) in [6, 6.07) is 9.49. The third kappa shape index (κ3) is 2.30. The Labute approximate surface area is 111 Å². The summed E-state index contributed by atoms with van der Waals surface area (Å²) in [4.78, 5) is 13.1. The zero-order chi connectivity index (χ0) is 13.2. The van der Waals surface area contributed by atoms with Crippen LogP contribution in [-0.4, -0.2) is 15.0 Å². The Balaban J connectivity index is 2.04. The van der Waals surface area contributed by atoms with Gasteiger partial charge in [0, 0.05) is 12.4 Å². The third-order valence-electron chi connectivity index (χ3n) is 3.04. The third-order valence-corrected chi connectivity index (χ3v) is 3.04. The fourth-order valence-electron chi connectivity index (χ4n) is 2.04. The smallest absolute Gasteiger partial charge is 0.0890 e. The molecule has 0 aliphatic heterocycles. The van der Waals surface area contributed by atoms with Crippen LogP contribution in [0.1, 0.15) is 22.9 Å². The van der Waals surface area contributed by atoms with E-state index in [0.29, 0.717) is 0 Å². The lowest BCUT2D eigenvalue weighted by Crippen LogP contribution is -2.14. The van der Waals surface area contributed by atoms with Crippen LogP contribution in [0, 0.1) is 6.92 Å². The molecular weight excluding hydrogens is 236 g/mol. The van der Waals surface area contributed by atoms with Gasteiger partial charge >= 0.3 is 0 Å². The van der Waals surface area contributed by atoms with Gasteiger partial charge in [0.2, 0.25) is 0 Å². The quantitative estimate of drug-likeness (QED) is 0.758. The normalized spacial score (nSPS) is 12.5. The summed E-state index contributed by atoms with van der Waals surface area (Å²) >= 11 is 0. The molecule has 0 fully saturated rings. The zero-order valence-corrected chi connectivity index (χ0v) is 10.6. The molecule has 0 aliphatic rings. The average Bonchev–Trinajstić information content (AvgIpc) is 2.46. The predicted octanol–water partition coefficient (Wildman–Crippen LogP) is 2.38. The first-order valence-electron chi connectivity index (χ1n) is 6.13. The second kappa shape index (κ2) is 4.74. The molecule has 19 heavy (non-hydrogen) atoms. The number of nitrogens with two attached hydrogens (primary N) is 1. The van der Waals surface area contributed by atoms with Crippen molar-refractivity contribution in [2.45, 2.75) is 13.0 Å². The number of nitrogens with zero attached hydrogens (tertiary/aromatic N) is 3. The Morgan fingerprint density at radius 1 is 1.05 bits per heavy atom. The number of aromatic nitrogens is 3. The minimum atomic E-state index is -0.301. The summed E-state index contributed by atoms with van der Waals surface area (Å²) in [6.07, 6.45) is 5.31. The van der Waals surface area contributed by atoms with Crippen molar-refractivity contribution >= 4 is 11.0 Å². The van der Waals surface area contributed by atoms with E-state index in [-0.39, 0.29) is 6.04 Å². The maximum absolute atomic E-state index is 6.23. The minimum absolute atomic E-state index is 0.301. The first-order chi connectivity index (χ1) is 9.24. The lowest BCUT2D eigenvalue weighted by Gasteiger charge is -2.11. The summed E-state index contributed by atoms with van der Waals surface area (Å²) in [5.41, 5.74) is 10.8. The lowest BCUT2D eigenvalue weighted by atomic mass is 10.1. The van der Waals surface area contributed by atoms with Crippen molar-refractivity contribution in [3.05, 3.63) is 65.7 Å². The highest BCUT2D eigenvalue weighted by Gasteiger charge is 2.12. The van der Waals surface area contributed by atoms with E-state index >= 15 is 0 Å². The fraction of sp³-hybridized carbons (Fsp3) is 0.133. The molecule has 1 unspecified atom stereocenters. The van der Waals surface area contributed by atoms with E-state index in [1.54, 1.807) is 12.4 Å². The molecule has 1 atom stereocenters. The number of benzene rings is 1. The summed E-state index contributed by atoms with van der Waals surface area (Å²) in [5.74, 6) is 0. The van der Waals surface area contributed by atoms with Gasteiger partial charge in [-0.1, -0.05) is 18.2 Å². The van der Waals surface area contributed by atoms with Crippen LogP contribution in [0.3, 0.4) is 0 Å². The van der Waals surface area contributed by atoms with E-state index in [2.05, 4.69) is 15.0 Å². The van der Waals surface area contributed by atoms with Crippen LogP contribution in [0.4, 0.5) is 0 Å². The summed E-state index contributed by atoms with van der Waals surface area (Å²) < 4.78 is 0. The molecule has 0 saturated carbocycles. The van der Waals surface area contributed by atoms with Gasteiger partial charge in [-0.15, -0.1) is 0 Å². The highest BCUT2D eigenvalue weighted by molar-refractivity contribution is 5.73. The zero-order valence-electron chi connectivity index (χ0n) is 10.6. The van der Waals surface area contributed by atoms with Crippen molar-refractivity contribution in [3.8, 4) is 0 Å². The summed E-state index contributed by atoms with van der Waals surface area (Å²) in [7, 11) is 0. The first-order valence-corrected chi connectivity index (χ1v) is 6.13. The van der Waals surface area contributed by atoms with Crippen LogP contribution in [0.5, 0.6) is 0 Å². The Morgan fingerprint density at radius 3 is 2.63 bits per heavy atom. The molecule has 3 rings (SSSR count). The molecule has 2 heterocycles. The van der Waals surface area contributed by atoms with Crippen LogP contribution in [0.2, 0.25) is 0 Å². The maximum atomic E-state index is 6.23. The number of hydrogen-bond acceptors (Lipinski definition) is 4. The first kappa shape index (κ1) is 11.7. The van der Waals surface area contributed by atoms with Gasteiger partial charge in [0.15, 0.2) is 0 Å². The van der Waals surface area contributed by atoms with Gasteiger partial charge < -0.3 is 5.73 Å². The number of aryl methyl sites for hydroxylation is 1. The number of hydrogen-bond donors (Lipinski definition) is 1.